The molecule has 6 heteroatoms. The van der Waals surface area contributed by atoms with Gasteiger partial charge in [-0.2, -0.15) is 0 Å². The van der Waals surface area contributed by atoms with E-state index in [1.165, 1.54) is 0 Å². The van der Waals surface area contributed by atoms with Gasteiger partial charge >= 0.3 is 5.97 Å². The van der Waals surface area contributed by atoms with Crippen molar-refractivity contribution < 1.29 is 14.3 Å². The number of halogens is 1. The molecule has 1 N–H and O–H groups in total. The molecule has 20 heavy (non-hydrogen) atoms. The van der Waals surface area contributed by atoms with Crippen molar-refractivity contribution in [2.45, 2.75) is 34.2 Å². The Balaban J connectivity index is 2.80. The first-order chi connectivity index (χ1) is 9.25. The van der Waals surface area contributed by atoms with E-state index in [1.807, 2.05) is 20.8 Å². The molecule has 1 aromatic heterocycles. The smallest absolute Gasteiger partial charge is 0.358 e. The fourth-order valence-corrected chi connectivity index (χ4v) is 1.54. The number of esters is 1. The molecule has 0 aliphatic carbocycles. The molecule has 1 amide bonds. The number of nitrogens with one attached hydrogen (secondary N) is 1. The third-order valence-electron chi connectivity index (χ3n) is 2.48. The molecule has 1 heterocycles. The highest BCUT2D eigenvalue weighted by molar-refractivity contribution is 6.33. The summed E-state index contributed by atoms with van der Waals surface area (Å²) < 4.78 is 4.87. The lowest BCUT2D eigenvalue weighted by molar-refractivity contribution is -0.128. The first-order valence-corrected chi connectivity index (χ1v) is 6.74. The molecule has 0 aliphatic heterocycles. The molecule has 0 fully saturated rings. The Labute approximate surface area is 123 Å². The highest BCUT2D eigenvalue weighted by atomic mass is 35.5. The third kappa shape index (κ3) is 4.49. The van der Waals surface area contributed by atoms with Crippen LogP contribution in [0.2, 0.25) is 5.02 Å². The normalized spacial score (nSPS) is 11.1. The first kappa shape index (κ1) is 16.4. The molecule has 0 saturated carbocycles. The van der Waals surface area contributed by atoms with E-state index in [1.54, 1.807) is 19.1 Å². The SMILES string of the molecule is CCOC(=O)c1nc(CNC(=O)C(C)(C)C)ccc1Cl. The fourth-order valence-electron chi connectivity index (χ4n) is 1.36. The van der Waals surface area contributed by atoms with Crippen LogP contribution in [-0.2, 0) is 16.1 Å². The molecule has 0 bridgehead atoms. The standard InChI is InChI=1S/C14H19ClN2O3/c1-5-20-12(18)11-10(15)7-6-9(17-11)8-16-13(19)14(2,3)4/h6-7H,5,8H2,1-4H3,(H,16,19). The highest BCUT2D eigenvalue weighted by Crippen LogP contribution is 2.16. The topological polar surface area (TPSA) is 68.3 Å². The van der Waals surface area contributed by atoms with Gasteiger partial charge in [0.15, 0.2) is 5.69 Å². The van der Waals surface area contributed by atoms with Crippen molar-refractivity contribution in [1.29, 1.82) is 0 Å². The zero-order valence-corrected chi connectivity index (χ0v) is 12.9. The maximum absolute atomic E-state index is 11.8. The lowest BCUT2D eigenvalue weighted by Gasteiger charge is -2.17. The lowest BCUT2D eigenvalue weighted by atomic mass is 9.96. The summed E-state index contributed by atoms with van der Waals surface area (Å²) in [7, 11) is 0. The van der Waals surface area contributed by atoms with Crippen molar-refractivity contribution >= 4 is 23.5 Å². The minimum Gasteiger partial charge on any atom is -0.461 e. The molecule has 0 aromatic carbocycles. The van der Waals surface area contributed by atoms with Crippen LogP contribution >= 0.6 is 11.6 Å². The Kier molecular flexibility index (Phi) is 5.51. The number of amides is 1. The van der Waals surface area contributed by atoms with Gasteiger partial charge in [-0.3, -0.25) is 4.79 Å². The molecule has 0 saturated heterocycles. The van der Waals surface area contributed by atoms with Gasteiger partial charge in [0.25, 0.3) is 0 Å². The van der Waals surface area contributed by atoms with Crippen LogP contribution in [0, 0.1) is 5.41 Å². The summed E-state index contributed by atoms with van der Waals surface area (Å²) >= 11 is 5.91. The number of nitrogens with zero attached hydrogens (tertiary/aromatic N) is 1. The molecular weight excluding hydrogens is 280 g/mol. The maximum Gasteiger partial charge on any atom is 0.358 e. The Morgan fingerprint density at radius 3 is 2.55 bits per heavy atom. The lowest BCUT2D eigenvalue weighted by Crippen LogP contribution is -2.34. The largest absolute Gasteiger partial charge is 0.461 e. The van der Waals surface area contributed by atoms with Gasteiger partial charge in [-0.25, -0.2) is 9.78 Å². The van der Waals surface area contributed by atoms with Gasteiger partial charge in [0.1, 0.15) is 0 Å². The number of rotatable bonds is 4. The number of aromatic nitrogens is 1. The molecule has 0 radical (unpaired) electrons. The Bertz CT molecular complexity index is 510. The number of hydrogen-bond donors (Lipinski definition) is 1. The van der Waals surface area contributed by atoms with E-state index >= 15 is 0 Å². The first-order valence-electron chi connectivity index (χ1n) is 6.36. The average molecular weight is 299 g/mol. The van der Waals surface area contributed by atoms with E-state index in [4.69, 9.17) is 16.3 Å². The summed E-state index contributed by atoms with van der Waals surface area (Å²) in [6.45, 7) is 7.66. The van der Waals surface area contributed by atoms with Crippen LogP contribution in [-0.4, -0.2) is 23.5 Å². The highest BCUT2D eigenvalue weighted by Gasteiger charge is 2.21. The van der Waals surface area contributed by atoms with Gasteiger partial charge in [0.05, 0.1) is 23.9 Å². The fraction of sp³-hybridized carbons (Fsp3) is 0.500. The van der Waals surface area contributed by atoms with Gasteiger partial charge in [0.2, 0.25) is 5.91 Å². The second-order valence-electron chi connectivity index (χ2n) is 5.29. The molecule has 5 nitrogen and oxygen atoms in total. The van der Waals surface area contributed by atoms with E-state index in [9.17, 15) is 9.59 Å². The number of carbonyl (C=O) groups excluding carboxylic acids is 2. The van der Waals surface area contributed by atoms with Crippen molar-refractivity contribution in [2.24, 2.45) is 5.41 Å². The van der Waals surface area contributed by atoms with E-state index < -0.39 is 11.4 Å². The molecule has 0 unspecified atom stereocenters. The molecule has 0 atom stereocenters. The quantitative estimate of drug-likeness (QED) is 0.868. The Morgan fingerprint density at radius 2 is 2.00 bits per heavy atom. The second kappa shape index (κ2) is 6.70. The predicted molar refractivity (Wildman–Crippen MR) is 76.5 cm³/mol. The van der Waals surface area contributed by atoms with Crippen LogP contribution < -0.4 is 5.32 Å². The average Bonchev–Trinajstić information content (AvgIpc) is 2.36. The van der Waals surface area contributed by atoms with Crippen molar-refractivity contribution in [3.05, 3.63) is 28.5 Å². The summed E-state index contributed by atoms with van der Waals surface area (Å²) in [6.07, 6.45) is 0. The van der Waals surface area contributed by atoms with Crippen LogP contribution in [0.15, 0.2) is 12.1 Å². The van der Waals surface area contributed by atoms with Crippen molar-refractivity contribution in [1.82, 2.24) is 10.3 Å². The minimum absolute atomic E-state index is 0.0658. The Hall–Kier alpha value is -1.62. The van der Waals surface area contributed by atoms with E-state index in [0.29, 0.717) is 5.69 Å². The van der Waals surface area contributed by atoms with Gasteiger partial charge in [-0.15, -0.1) is 0 Å². The molecule has 110 valence electrons. The summed E-state index contributed by atoms with van der Waals surface area (Å²) in [5, 5.41) is 2.99. The number of hydrogen-bond acceptors (Lipinski definition) is 4. The number of ether oxygens (including phenoxy) is 1. The van der Waals surface area contributed by atoms with E-state index in [-0.39, 0.29) is 29.8 Å². The Morgan fingerprint density at radius 1 is 1.35 bits per heavy atom. The van der Waals surface area contributed by atoms with Gasteiger partial charge in [-0.05, 0) is 19.1 Å². The van der Waals surface area contributed by atoms with Crippen LogP contribution in [0.4, 0.5) is 0 Å². The zero-order valence-electron chi connectivity index (χ0n) is 12.1. The van der Waals surface area contributed by atoms with Crippen LogP contribution in [0.3, 0.4) is 0 Å². The molecular formula is C14H19ClN2O3. The maximum atomic E-state index is 11.8. The van der Waals surface area contributed by atoms with Gasteiger partial charge < -0.3 is 10.1 Å². The van der Waals surface area contributed by atoms with Crippen molar-refractivity contribution in [3.8, 4) is 0 Å². The second-order valence-corrected chi connectivity index (χ2v) is 5.69. The van der Waals surface area contributed by atoms with E-state index in [2.05, 4.69) is 10.3 Å². The number of pyridine rings is 1. The molecule has 1 rings (SSSR count). The van der Waals surface area contributed by atoms with Gasteiger partial charge in [-0.1, -0.05) is 32.4 Å². The molecule has 0 spiro atoms. The molecule has 1 aromatic rings. The van der Waals surface area contributed by atoms with Crippen LogP contribution in [0.5, 0.6) is 0 Å². The van der Waals surface area contributed by atoms with E-state index in [0.717, 1.165) is 0 Å². The molecule has 0 aliphatic rings. The zero-order chi connectivity index (χ0) is 15.3. The summed E-state index contributed by atoms with van der Waals surface area (Å²) in [6, 6.07) is 3.23. The summed E-state index contributed by atoms with van der Waals surface area (Å²) in [5.41, 5.74) is 0.141. The summed E-state index contributed by atoms with van der Waals surface area (Å²) in [4.78, 5) is 27.6. The monoisotopic (exact) mass is 298 g/mol. The predicted octanol–water partition coefficient (Wildman–Crippen LogP) is 2.57. The minimum atomic E-state index is -0.568. The number of carbonyl (C=O) groups is 2. The summed E-state index contributed by atoms with van der Waals surface area (Å²) in [5.74, 6) is -0.659. The van der Waals surface area contributed by atoms with Crippen LogP contribution in [0.1, 0.15) is 43.9 Å². The van der Waals surface area contributed by atoms with Crippen molar-refractivity contribution in [3.63, 3.8) is 0 Å². The van der Waals surface area contributed by atoms with Crippen LogP contribution in [0.25, 0.3) is 0 Å². The van der Waals surface area contributed by atoms with Gasteiger partial charge in [0, 0.05) is 5.41 Å². The third-order valence-corrected chi connectivity index (χ3v) is 2.79. The van der Waals surface area contributed by atoms with Crippen molar-refractivity contribution in [2.75, 3.05) is 6.61 Å².